The summed E-state index contributed by atoms with van der Waals surface area (Å²) in [6.07, 6.45) is 2.10. The first-order valence-electron chi connectivity index (χ1n) is 6.41. The normalized spacial score (nSPS) is 30.4. The van der Waals surface area contributed by atoms with E-state index in [0.29, 0.717) is 19.1 Å². The fraction of sp³-hybridized carbons (Fsp3) is 0.917. The Morgan fingerprint density at radius 3 is 2.71 bits per heavy atom. The minimum Gasteiger partial charge on any atom is -0.381 e. The third kappa shape index (κ3) is 3.40. The highest BCUT2D eigenvalue weighted by Crippen LogP contribution is 2.16. The van der Waals surface area contributed by atoms with Gasteiger partial charge in [-0.3, -0.25) is 4.79 Å². The van der Waals surface area contributed by atoms with E-state index < -0.39 is 0 Å². The molecule has 0 saturated carbocycles. The van der Waals surface area contributed by atoms with Gasteiger partial charge in [0.05, 0.1) is 19.1 Å². The maximum absolute atomic E-state index is 12.0. The zero-order chi connectivity index (χ0) is 12.1. The number of carbonyl (C=O) groups is 1. The predicted octanol–water partition coefficient (Wildman–Crippen LogP) is -0.236. The topological polar surface area (TPSA) is 59.6 Å². The van der Waals surface area contributed by atoms with Crippen molar-refractivity contribution in [1.82, 2.24) is 10.6 Å². The van der Waals surface area contributed by atoms with Crippen molar-refractivity contribution in [2.45, 2.75) is 18.9 Å². The molecule has 0 aromatic rings. The summed E-state index contributed by atoms with van der Waals surface area (Å²) in [4.78, 5) is 12.0. The molecule has 5 heteroatoms. The van der Waals surface area contributed by atoms with Crippen molar-refractivity contribution < 1.29 is 14.3 Å². The molecular weight excluding hydrogens is 220 g/mol. The first-order valence-corrected chi connectivity index (χ1v) is 6.41. The molecule has 98 valence electrons. The van der Waals surface area contributed by atoms with E-state index in [-0.39, 0.29) is 17.9 Å². The van der Waals surface area contributed by atoms with E-state index in [1.165, 1.54) is 0 Å². The molecule has 2 unspecified atom stereocenters. The Bertz CT molecular complexity index is 254. The van der Waals surface area contributed by atoms with Gasteiger partial charge in [0.2, 0.25) is 5.91 Å². The summed E-state index contributed by atoms with van der Waals surface area (Å²) in [7, 11) is 1.87. The Morgan fingerprint density at radius 2 is 2.00 bits per heavy atom. The number of likely N-dealkylation sites (N-methyl/N-ethyl adjacent to an activating group) is 1. The monoisotopic (exact) mass is 242 g/mol. The molecule has 0 spiro atoms. The zero-order valence-corrected chi connectivity index (χ0v) is 10.4. The summed E-state index contributed by atoms with van der Waals surface area (Å²) >= 11 is 0. The smallest absolute Gasteiger partial charge is 0.227 e. The molecule has 1 amide bonds. The fourth-order valence-electron chi connectivity index (χ4n) is 2.42. The minimum atomic E-state index is -0.0418. The van der Waals surface area contributed by atoms with E-state index in [4.69, 9.17) is 9.47 Å². The van der Waals surface area contributed by atoms with Crippen LogP contribution in [0.15, 0.2) is 0 Å². The molecule has 5 nitrogen and oxygen atoms in total. The van der Waals surface area contributed by atoms with E-state index in [0.717, 1.165) is 32.6 Å². The van der Waals surface area contributed by atoms with Gasteiger partial charge >= 0.3 is 0 Å². The van der Waals surface area contributed by atoms with Gasteiger partial charge in [0, 0.05) is 25.8 Å². The highest BCUT2D eigenvalue weighted by molar-refractivity contribution is 5.79. The van der Waals surface area contributed by atoms with Crippen LogP contribution in [0, 0.1) is 11.8 Å². The van der Waals surface area contributed by atoms with E-state index in [9.17, 15) is 4.79 Å². The second-order valence-electron chi connectivity index (χ2n) is 4.84. The molecule has 0 aromatic carbocycles. The van der Waals surface area contributed by atoms with Crippen LogP contribution < -0.4 is 10.6 Å². The maximum Gasteiger partial charge on any atom is 0.227 e. The van der Waals surface area contributed by atoms with Gasteiger partial charge in [-0.25, -0.2) is 0 Å². The van der Waals surface area contributed by atoms with Crippen molar-refractivity contribution in [2.75, 3.05) is 40.0 Å². The van der Waals surface area contributed by atoms with Gasteiger partial charge in [0.15, 0.2) is 0 Å². The molecule has 2 aliphatic heterocycles. The first-order chi connectivity index (χ1) is 8.31. The molecule has 2 heterocycles. The van der Waals surface area contributed by atoms with Gasteiger partial charge in [-0.1, -0.05) is 0 Å². The van der Waals surface area contributed by atoms with Crippen LogP contribution in [0.4, 0.5) is 0 Å². The van der Waals surface area contributed by atoms with Crippen molar-refractivity contribution in [1.29, 1.82) is 0 Å². The molecule has 0 aromatic heterocycles. The largest absolute Gasteiger partial charge is 0.381 e. The van der Waals surface area contributed by atoms with E-state index in [1.54, 1.807) is 0 Å². The van der Waals surface area contributed by atoms with E-state index >= 15 is 0 Å². The van der Waals surface area contributed by atoms with Crippen LogP contribution in [0.5, 0.6) is 0 Å². The van der Waals surface area contributed by atoms with Crippen LogP contribution >= 0.6 is 0 Å². The first kappa shape index (κ1) is 12.8. The van der Waals surface area contributed by atoms with Crippen LogP contribution in [0.2, 0.25) is 0 Å². The number of hydrogen-bond acceptors (Lipinski definition) is 4. The molecule has 0 bridgehead atoms. The quantitative estimate of drug-likeness (QED) is 0.714. The average Bonchev–Trinajstić information content (AvgIpc) is 2.85. The SMILES string of the molecule is CNC1COCC1C(=O)NCC1CCOCC1. The number of nitrogens with one attached hydrogen (secondary N) is 2. The molecule has 2 saturated heterocycles. The molecule has 0 radical (unpaired) electrons. The number of hydrogen-bond donors (Lipinski definition) is 2. The van der Waals surface area contributed by atoms with E-state index in [2.05, 4.69) is 10.6 Å². The summed E-state index contributed by atoms with van der Waals surface area (Å²) in [6.45, 7) is 3.59. The third-order valence-electron chi connectivity index (χ3n) is 3.69. The Morgan fingerprint density at radius 1 is 1.24 bits per heavy atom. The lowest BCUT2D eigenvalue weighted by Crippen LogP contribution is -2.44. The van der Waals surface area contributed by atoms with Crippen LogP contribution in [-0.4, -0.2) is 52.0 Å². The van der Waals surface area contributed by atoms with Gasteiger partial charge in [-0.2, -0.15) is 0 Å². The average molecular weight is 242 g/mol. The second kappa shape index (κ2) is 6.33. The highest BCUT2D eigenvalue weighted by atomic mass is 16.5. The van der Waals surface area contributed by atoms with Gasteiger partial charge in [-0.05, 0) is 25.8 Å². The fourth-order valence-corrected chi connectivity index (χ4v) is 2.42. The maximum atomic E-state index is 12.0. The summed E-state index contributed by atoms with van der Waals surface area (Å²) in [5.41, 5.74) is 0. The van der Waals surface area contributed by atoms with Crippen molar-refractivity contribution in [3.63, 3.8) is 0 Å². The van der Waals surface area contributed by atoms with Crippen LogP contribution in [0.25, 0.3) is 0 Å². The number of carbonyl (C=O) groups excluding carboxylic acids is 1. The molecule has 2 atom stereocenters. The van der Waals surface area contributed by atoms with Gasteiger partial charge in [-0.15, -0.1) is 0 Å². The Hall–Kier alpha value is -0.650. The lowest BCUT2D eigenvalue weighted by molar-refractivity contribution is -0.125. The number of amides is 1. The molecule has 2 fully saturated rings. The van der Waals surface area contributed by atoms with Crippen LogP contribution in [0.1, 0.15) is 12.8 Å². The highest BCUT2D eigenvalue weighted by Gasteiger charge is 2.33. The third-order valence-corrected chi connectivity index (χ3v) is 3.69. The van der Waals surface area contributed by atoms with E-state index in [1.807, 2.05) is 7.05 Å². The number of ether oxygens (including phenoxy) is 2. The van der Waals surface area contributed by atoms with Crippen molar-refractivity contribution in [3.05, 3.63) is 0 Å². The van der Waals surface area contributed by atoms with Crippen molar-refractivity contribution in [2.24, 2.45) is 11.8 Å². The second-order valence-corrected chi connectivity index (χ2v) is 4.84. The van der Waals surface area contributed by atoms with Crippen LogP contribution in [-0.2, 0) is 14.3 Å². The zero-order valence-electron chi connectivity index (χ0n) is 10.4. The predicted molar refractivity (Wildman–Crippen MR) is 63.7 cm³/mol. The van der Waals surface area contributed by atoms with Crippen molar-refractivity contribution in [3.8, 4) is 0 Å². The Labute approximate surface area is 102 Å². The lowest BCUT2D eigenvalue weighted by Gasteiger charge is -2.23. The molecule has 17 heavy (non-hydrogen) atoms. The van der Waals surface area contributed by atoms with Crippen molar-refractivity contribution >= 4 is 5.91 Å². The van der Waals surface area contributed by atoms with Gasteiger partial charge < -0.3 is 20.1 Å². The van der Waals surface area contributed by atoms with Gasteiger partial charge in [0.1, 0.15) is 0 Å². The molecule has 2 rings (SSSR count). The summed E-state index contributed by atoms with van der Waals surface area (Å²) < 4.78 is 10.6. The summed E-state index contributed by atoms with van der Waals surface area (Å²) in [5.74, 6) is 0.649. The number of rotatable bonds is 4. The summed E-state index contributed by atoms with van der Waals surface area (Å²) in [5, 5.41) is 6.17. The Kier molecular flexibility index (Phi) is 4.76. The minimum absolute atomic E-state index is 0.0418. The van der Waals surface area contributed by atoms with Crippen LogP contribution in [0.3, 0.4) is 0 Å². The molecular formula is C12H22N2O3. The molecule has 2 N–H and O–H groups in total. The van der Waals surface area contributed by atoms with Gasteiger partial charge in [0.25, 0.3) is 0 Å². The molecule has 2 aliphatic rings. The lowest BCUT2D eigenvalue weighted by atomic mass is 9.99. The standard InChI is InChI=1S/C12H22N2O3/c1-13-11-8-17-7-10(11)12(15)14-6-9-2-4-16-5-3-9/h9-11,13H,2-8H2,1H3,(H,14,15). The summed E-state index contributed by atoms with van der Waals surface area (Å²) in [6, 6.07) is 0.157. The Balaban J connectivity index is 1.72. The molecule has 0 aliphatic carbocycles.